The van der Waals surface area contributed by atoms with Crippen LogP contribution in [-0.4, -0.2) is 24.0 Å². The predicted molar refractivity (Wildman–Crippen MR) is 133 cm³/mol. The number of pyridine rings is 1. The minimum Gasteiger partial charge on any atom is -0.496 e. The standard InChI is InChI=1S/C28H34N2O2/c1-4-5-13-24-23(19-27(32-3)26-15-7-6-14-25(24)26)16-17-28(31)30-21(2)10-8-11-22-12-9-18-29-20-22/h6-7,9,12,14-21H,4-5,8,10-11,13H2,1-3H3,(H,30,31)/b17-16+/t21-/m0/s1. The summed E-state index contributed by atoms with van der Waals surface area (Å²) in [5.41, 5.74) is 3.56. The number of rotatable bonds is 11. The second-order valence-corrected chi connectivity index (χ2v) is 8.29. The minimum atomic E-state index is -0.0626. The highest BCUT2D eigenvalue weighted by molar-refractivity contribution is 5.96. The Morgan fingerprint density at radius 3 is 2.66 bits per heavy atom. The smallest absolute Gasteiger partial charge is 0.244 e. The second-order valence-electron chi connectivity index (χ2n) is 8.29. The van der Waals surface area contributed by atoms with Crippen LogP contribution in [0.5, 0.6) is 5.75 Å². The van der Waals surface area contributed by atoms with Crippen LogP contribution in [0.25, 0.3) is 16.8 Å². The van der Waals surface area contributed by atoms with E-state index in [-0.39, 0.29) is 11.9 Å². The Labute approximate surface area is 191 Å². The Morgan fingerprint density at radius 2 is 1.94 bits per heavy atom. The van der Waals surface area contributed by atoms with Crippen molar-refractivity contribution < 1.29 is 9.53 Å². The lowest BCUT2D eigenvalue weighted by Gasteiger charge is -2.15. The maximum Gasteiger partial charge on any atom is 0.244 e. The number of benzene rings is 2. The SMILES string of the molecule is CCCCc1c(/C=C/C(=O)N[C@@H](C)CCCc2cccnc2)cc(OC)c2ccccc12. The lowest BCUT2D eigenvalue weighted by molar-refractivity contribution is -0.117. The summed E-state index contributed by atoms with van der Waals surface area (Å²) in [4.78, 5) is 16.7. The van der Waals surface area contributed by atoms with Crippen molar-refractivity contribution in [2.45, 2.75) is 58.4 Å². The highest BCUT2D eigenvalue weighted by Gasteiger charge is 2.11. The summed E-state index contributed by atoms with van der Waals surface area (Å²) in [6, 6.07) is 14.6. The molecular formula is C28H34N2O2. The highest BCUT2D eigenvalue weighted by atomic mass is 16.5. The number of hydrogen-bond acceptors (Lipinski definition) is 3. The van der Waals surface area contributed by atoms with Gasteiger partial charge < -0.3 is 10.1 Å². The Bertz CT molecular complexity index is 1040. The maximum atomic E-state index is 12.6. The van der Waals surface area contributed by atoms with E-state index in [9.17, 15) is 4.79 Å². The van der Waals surface area contributed by atoms with E-state index in [0.29, 0.717) is 0 Å². The molecule has 0 aliphatic heterocycles. The Balaban J connectivity index is 1.67. The molecule has 3 aromatic rings. The molecule has 0 saturated heterocycles. The van der Waals surface area contributed by atoms with Crippen LogP contribution >= 0.6 is 0 Å². The van der Waals surface area contributed by atoms with Gasteiger partial charge in [-0.05, 0) is 79.3 Å². The van der Waals surface area contributed by atoms with Gasteiger partial charge in [-0.25, -0.2) is 0 Å². The summed E-state index contributed by atoms with van der Waals surface area (Å²) in [6.07, 6.45) is 13.4. The average molecular weight is 431 g/mol. The number of methoxy groups -OCH3 is 1. The molecule has 0 fully saturated rings. The first-order valence-corrected chi connectivity index (χ1v) is 11.6. The lowest BCUT2D eigenvalue weighted by atomic mass is 9.94. The van der Waals surface area contributed by atoms with Gasteiger partial charge in [0.2, 0.25) is 5.91 Å². The van der Waals surface area contributed by atoms with Gasteiger partial charge in [0.15, 0.2) is 0 Å². The van der Waals surface area contributed by atoms with E-state index in [0.717, 1.165) is 55.2 Å². The zero-order valence-electron chi connectivity index (χ0n) is 19.4. The molecule has 1 heterocycles. The van der Waals surface area contributed by atoms with Crippen molar-refractivity contribution in [3.8, 4) is 5.75 Å². The fourth-order valence-electron chi connectivity index (χ4n) is 4.06. The summed E-state index contributed by atoms with van der Waals surface area (Å²) >= 11 is 0. The lowest BCUT2D eigenvalue weighted by Crippen LogP contribution is -2.31. The first-order valence-electron chi connectivity index (χ1n) is 11.6. The number of unbranched alkanes of at least 4 members (excludes halogenated alkanes) is 1. The van der Waals surface area contributed by atoms with Crippen LogP contribution in [0, 0.1) is 0 Å². The number of aromatic nitrogens is 1. The van der Waals surface area contributed by atoms with Crippen LogP contribution < -0.4 is 10.1 Å². The number of carbonyl (C=O) groups is 1. The van der Waals surface area contributed by atoms with Gasteiger partial charge in [0, 0.05) is 29.9 Å². The van der Waals surface area contributed by atoms with Crippen molar-refractivity contribution in [2.75, 3.05) is 7.11 Å². The van der Waals surface area contributed by atoms with Crippen LogP contribution in [0.3, 0.4) is 0 Å². The molecule has 168 valence electrons. The van der Waals surface area contributed by atoms with Gasteiger partial charge in [0.05, 0.1) is 7.11 Å². The number of fused-ring (bicyclic) bond motifs is 1. The topological polar surface area (TPSA) is 51.2 Å². The normalized spacial score (nSPS) is 12.2. The van der Waals surface area contributed by atoms with Crippen LogP contribution in [0.15, 0.2) is 60.9 Å². The zero-order chi connectivity index (χ0) is 22.8. The number of ether oxygens (including phenoxy) is 1. The van der Waals surface area contributed by atoms with Crippen molar-refractivity contribution >= 4 is 22.8 Å². The first kappa shape index (κ1) is 23.5. The molecule has 1 N–H and O–H groups in total. The van der Waals surface area contributed by atoms with Crippen molar-refractivity contribution in [1.29, 1.82) is 0 Å². The third-order valence-corrected chi connectivity index (χ3v) is 5.78. The average Bonchev–Trinajstić information content (AvgIpc) is 2.82. The maximum absolute atomic E-state index is 12.6. The van der Waals surface area contributed by atoms with E-state index in [1.165, 1.54) is 16.5 Å². The number of aryl methyl sites for hydroxylation is 2. The predicted octanol–water partition coefficient (Wildman–Crippen LogP) is 6.13. The molecule has 4 nitrogen and oxygen atoms in total. The van der Waals surface area contributed by atoms with E-state index in [4.69, 9.17) is 4.74 Å². The molecular weight excluding hydrogens is 396 g/mol. The molecule has 0 unspecified atom stereocenters. The monoisotopic (exact) mass is 430 g/mol. The van der Waals surface area contributed by atoms with E-state index >= 15 is 0 Å². The van der Waals surface area contributed by atoms with E-state index < -0.39 is 0 Å². The molecule has 0 aliphatic carbocycles. The summed E-state index contributed by atoms with van der Waals surface area (Å²) in [5.74, 6) is 0.775. The minimum absolute atomic E-state index is 0.0626. The third-order valence-electron chi connectivity index (χ3n) is 5.78. The van der Waals surface area contributed by atoms with Gasteiger partial charge in [-0.2, -0.15) is 0 Å². The quantitative estimate of drug-likeness (QED) is 0.373. The molecule has 0 aliphatic rings. The molecule has 2 aromatic carbocycles. The highest BCUT2D eigenvalue weighted by Crippen LogP contribution is 2.33. The molecule has 32 heavy (non-hydrogen) atoms. The van der Waals surface area contributed by atoms with Gasteiger partial charge in [0.1, 0.15) is 5.75 Å². The zero-order valence-corrected chi connectivity index (χ0v) is 19.4. The van der Waals surface area contributed by atoms with Crippen molar-refractivity contribution in [1.82, 2.24) is 10.3 Å². The third kappa shape index (κ3) is 6.43. The Kier molecular flexibility index (Phi) is 8.85. The Morgan fingerprint density at radius 1 is 1.12 bits per heavy atom. The molecule has 0 spiro atoms. The fraction of sp³-hybridized carbons (Fsp3) is 0.357. The summed E-state index contributed by atoms with van der Waals surface area (Å²) in [5, 5.41) is 5.41. The number of hydrogen-bond donors (Lipinski definition) is 1. The summed E-state index contributed by atoms with van der Waals surface area (Å²) < 4.78 is 5.64. The van der Waals surface area contributed by atoms with Crippen molar-refractivity contribution in [2.24, 2.45) is 0 Å². The van der Waals surface area contributed by atoms with E-state index in [2.05, 4.69) is 54.5 Å². The van der Waals surface area contributed by atoms with Crippen LogP contribution in [-0.2, 0) is 17.6 Å². The summed E-state index contributed by atoms with van der Waals surface area (Å²) in [6.45, 7) is 4.26. The number of amides is 1. The van der Waals surface area contributed by atoms with Gasteiger partial charge in [-0.15, -0.1) is 0 Å². The number of carbonyl (C=O) groups excluding carboxylic acids is 1. The molecule has 0 radical (unpaired) electrons. The fourth-order valence-corrected chi connectivity index (χ4v) is 4.06. The molecule has 1 amide bonds. The van der Waals surface area contributed by atoms with E-state index in [1.54, 1.807) is 19.4 Å². The first-order chi connectivity index (χ1) is 15.6. The van der Waals surface area contributed by atoms with Gasteiger partial charge >= 0.3 is 0 Å². The van der Waals surface area contributed by atoms with Gasteiger partial charge in [0.25, 0.3) is 0 Å². The molecule has 1 atom stereocenters. The van der Waals surface area contributed by atoms with Crippen molar-refractivity contribution in [3.63, 3.8) is 0 Å². The van der Waals surface area contributed by atoms with Gasteiger partial charge in [-0.3, -0.25) is 9.78 Å². The van der Waals surface area contributed by atoms with E-state index in [1.807, 2.05) is 24.4 Å². The molecule has 4 heteroatoms. The molecule has 0 saturated carbocycles. The number of nitrogens with zero attached hydrogens (tertiary/aromatic N) is 1. The molecule has 0 bridgehead atoms. The number of nitrogens with one attached hydrogen (secondary N) is 1. The molecule has 1 aromatic heterocycles. The van der Waals surface area contributed by atoms with Crippen LogP contribution in [0.1, 0.15) is 56.2 Å². The van der Waals surface area contributed by atoms with Crippen LogP contribution in [0.4, 0.5) is 0 Å². The molecule has 3 rings (SSSR count). The van der Waals surface area contributed by atoms with Gasteiger partial charge in [-0.1, -0.05) is 43.7 Å². The largest absolute Gasteiger partial charge is 0.496 e. The van der Waals surface area contributed by atoms with Crippen LogP contribution in [0.2, 0.25) is 0 Å². The van der Waals surface area contributed by atoms with Crippen molar-refractivity contribution in [3.05, 3.63) is 77.6 Å². The Hall–Kier alpha value is -3.14. The summed E-state index contributed by atoms with van der Waals surface area (Å²) in [7, 11) is 1.70. The second kappa shape index (κ2) is 12.0.